The van der Waals surface area contributed by atoms with E-state index in [1.165, 1.54) is 4.90 Å². The molecule has 2 aliphatic rings. The van der Waals surface area contributed by atoms with Crippen LogP contribution in [0.1, 0.15) is 18.5 Å². The van der Waals surface area contributed by atoms with E-state index in [2.05, 4.69) is 10.3 Å². The van der Waals surface area contributed by atoms with Gasteiger partial charge in [0.2, 0.25) is 11.8 Å². The van der Waals surface area contributed by atoms with Crippen LogP contribution in [0.15, 0.2) is 24.4 Å². The molecule has 23 heavy (non-hydrogen) atoms. The van der Waals surface area contributed by atoms with E-state index in [0.717, 1.165) is 11.3 Å². The monoisotopic (exact) mass is 317 g/mol. The first-order valence-corrected chi connectivity index (χ1v) is 7.61. The van der Waals surface area contributed by atoms with Crippen molar-refractivity contribution in [2.75, 3.05) is 13.1 Å². The van der Waals surface area contributed by atoms with Crippen LogP contribution >= 0.6 is 0 Å². The van der Waals surface area contributed by atoms with Crippen molar-refractivity contribution in [2.45, 2.75) is 31.5 Å². The number of hydrogen-bond donors (Lipinski definition) is 2. The van der Waals surface area contributed by atoms with Crippen LogP contribution in [0.3, 0.4) is 0 Å². The Morgan fingerprint density at radius 3 is 2.91 bits per heavy atom. The minimum absolute atomic E-state index is 0.0820. The largest absolute Gasteiger partial charge is 0.368 e. The number of hydrogen-bond acceptors (Lipinski definition) is 5. The second kappa shape index (κ2) is 6.33. The van der Waals surface area contributed by atoms with Crippen LogP contribution in [-0.2, 0) is 16.1 Å². The number of nitrogens with two attached hydrogens (primary N) is 1. The van der Waals surface area contributed by atoms with Crippen molar-refractivity contribution in [2.24, 2.45) is 5.73 Å². The Balaban J connectivity index is 1.87. The molecule has 0 aromatic carbocycles. The van der Waals surface area contributed by atoms with Crippen molar-refractivity contribution in [3.8, 4) is 0 Å². The molecule has 4 amide bonds. The molecule has 8 nitrogen and oxygen atoms in total. The number of carbonyl (C=O) groups excluding carboxylic acids is 3. The average Bonchev–Trinajstić information content (AvgIpc) is 2.56. The number of primary amides is 1. The SMILES string of the molecule is NC(=O)CN1C(=O)N(Cc2ccccn2)C(=O)C2NCCCC21. The molecule has 2 fully saturated rings. The molecule has 8 heteroatoms. The standard InChI is InChI=1S/C15H19N5O3/c16-12(21)9-19-11-5-3-7-18-13(11)14(22)20(15(19)23)8-10-4-1-2-6-17-10/h1-2,4,6,11,13,18H,3,5,7-9H2,(H2,16,21). The molecule has 1 aromatic heterocycles. The molecule has 2 unspecified atom stereocenters. The Morgan fingerprint density at radius 2 is 2.22 bits per heavy atom. The summed E-state index contributed by atoms with van der Waals surface area (Å²) in [5.41, 5.74) is 5.88. The van der Waals surface area contributed by atoms with E-state index < -0.39 is 18.0 Å². The lowest BCUT2D eigenvalue weighted by atomic mass is 9.93. The lowest BCUT2D eigenvalue weighted by molar-refractivity contribution is -0.138. The molecule has 3 rings (SSSR count). The van der Waals surface area contributed by atoms with Crippen LogP contribution in [0.5, 0.6) is 0 Å². The van der Waals surface area contributed by atoms with E-state index in [9.17, 15) is 14.4 Å². The average molecular weight is 317 g/mol. The van der Waals surface area contributed by atoms with E-state index in [4.69, 9.17) is 5.73 Å². The summed E-state index contributed by atoms with van der Waals surface area (Å²) in [5, 5.41) is 3.15. The molecule has 3 heterocycles. The Kier molecular flexibility index (Phi) is 4.24. The van der Waals surface area contributed by atoms with E-state index in [-0.39, 0.29) is 25.0 Å². The molecule has 2 saturated heterocycles. The van der Waals surface area contributed by atoms with Crippen molar-refractivity contribution in [3.63, 3.8) is 0 Å². The quantitative estimate of drug-likeness (QED) is 0.774. The lowest BCUT2D eigenvalue weighted by Crippen LogP contribution is -2.70. The zero-order valence-corrected chi connectivity index (χ0v) is 12.6. The van der Waals surface area contributed by atoms with Crippen molar-refractivity contribution in [3.05, 3.63) is 30.1 Å². The van der Waals surface area contributed by atoms with Gasteiger partial charge < -0.3 is 16.0 Å². The number of amides is 4. The fourth-order valence-corrected chi connectivity index (χ4v) is 3.17. The highest BCUT2D eigenvalue weighted by Gasteiger charge is 2.47. The van der Waals surface area contributed by atoms with E-state index >= 15 is 0 Å². The number of piperidine rings is 1. The molecular formula is C15H19N5O3. The fourth-order valence-electron chi connectivity index (χ4n) is 3.17. The maximum Gasteiger partial charge on any atom is 0.327 e. The second-order valence-corrected chi connectivity index (χ2v) is 5.76. The van der Waals surface area contributed by atoms with Crippen molar-refractivity contribution in [1.82, 2.24) is 20.1 Å². The van der Waals surface area contributed by atoms with E-state index in [1.54, 1.807) is 24.4 Å². The normalized spacial score (nSPS) is 24.5. The molecule has 0 spiro atoms. The fraction of sp³-hybridized carbons (Fsp3) is 0.467. The van der Waals surface area contributed by atoms with E-state index in [1.807, 2.05) is 0 Å². The van der Waals surface area contributed by atoms with Gasteiger partial charge >= 0.3 is 6.03 Å². The highest BCUT2D eigenvalue weighted by atomic mass is 16.2. The third kappa shape index (κ3) is 3.02. The summed E-state index contributed by atoms with van der Waals surface area (Å²) >= 11 is 0. The second-order valence-electron chi connectivity index (χ2n) is 5.76. The molecule has 122 valence electrons. The zero-order chi connectivity index (χ0) is 16.4. The van der Waals surface area contributed by atoms with Gasteiger partial charge in [0.05, 0.1) is 18.3 Å². The maximum absolute atomic E-state index is 12.7. The Hall–Kier alpha value is -2.48. The van der Waals surface area contributed by atoms with Gasteiger partial charge in [0.1, 0.15) is 12.6 Å². The summed E-state index contributed by atoms with van der Waals surface area (Å²) in [6.07, 6.45) is 3.13. The Labute approximate surface area is 133 Å². The van der Waals surface area contributed by atoms with Gasteiger partial charge in [-0.1, -0.05) is 6.07 Å². The smallest absolute Gasteiger partial charge is 0.327 e. The predicted octanol–water partition coefficient (Wildman–Crippen LogP) is -0.548. The number of carbonyl (C=O) groups is 3. The molecule has 2 aliphatic heterocycles. The number of rotatable bonds is 4. The first kappa shape index (κ1) is 15.4. The number of pyridine rings is 1. The Morgan fingerprint density at radius 1 is 1.39 bits per heavy atom. The summed E-state index contributed by atoms with van der Waals surface area (Å²) in [6, 6.07) is 4.01. The molecule has 0 saturated carbocycles. The van der Waals surface area contributed by atoms with Crippen molar-refractivity contribution >= 4 is 17.8 Å². The number of urea groups is 1. The summed E-state index contributed by atoms with van der Waals surface area (Å²) in [5.74, 6) is -0.860. The first-order chi connectivity index (χ1) is 11.1. The first-order valence-electron chi connectivity index (χ1n) is 7.61. The van der Waals surface area contributed by atoms with Gasteiger partial charge in [-0.05, 0) is 31.5 Å². The van der Waals surface area contributed by atoms with Gasteiger partial charge in [-0.25, -0.2) is 4.79 Å². The van der Waals surface area contributed by atoms with E-state index in [0.29, 0.717) is 18.7 Å². The van der Waals surface area contributed by atoms with Crippen molar-refractivity contribution in [1.29, 1.82) is 0 Å². The minimum Gasteiger partial charge on any atom is -0.368 e. The predicted molar refractivity (Wildman–Crippen MR) is 80.9 cm³/mol. The topological polar surface area (TPSA) is 109 Å². The molecule has 0 bridgehead atoms. The van der Waals surface area contributed by atoms with Crippen molar-refractivity contribution < 1.29 is 14.4 Å². The van der Waals surface area contributed by atoms with Gasteiger partial charge in [-0.2, -0.15) is 0 Å². The molecule has 3 N–H and O–H groups in total. The third-order valence-corrected chi connectivity index (χ3v) is 4.21. The summed E-state index contributed by atoms with van der Waals surface area (Å²) < 4.78 is 0. The molecule has 2 atom stereocenters. The Bertz CT molecular complexity index is 621. The van der Waals surface area contributed by atoms with Crippen LogP contribution in [0.2, 0.25) is 0 Å². The zero-order valence-electron chi connectivity index (χ0n) is 12.6. The number of imide groups is 1. The van der Waals surface area contributed by atoms with Gasteiger partial charge in [-0.15, -0.1) is 0 Å². The number of aromatic nitrogens is 1. The highest BCUT2D eigenvalue weighted by molar-refractivity contribution is 6.01. The number of nitrogens with zero attached hydrogens (tertiary/aromatic N) is 3. The van der Waals surface area contributed by atoms with Crippen LogP contribution in [-0.4, -0.2) is 57.8 Å². The summed E-state index contributed by atoms with van der Waals surface area (Å²) in [4.78, 5) is 43.4. The highest BCUT2D eigenvalue weighted by Crippen LogP contribution is 2.25. The van der Waals surface area contributed by atoms with Crippen LogP contribution in [0.25, 0.3) is 0 Å². The van der Waals surface area contributed by atoms with Gasteiger partial charge in [0.25, 0.3) is 0 Å². The summed E-state index contributed by atoms with van der Waals surface area (Å²) in [6.45, 7) is 0.606. The molecule has 1 aromatic rings. The molecule has 0 radical (unpaired) electrons. The molecular weight excluding hydrogens is 298 g/mol. The number of nitrogens with one attached hydrogen (secondary N) is 1. The van der Waals surface area contributed by atoms with Gasteiger partial charge in [0, 0.05) is 6.20 Å². The molecule has 0 aliphatic carbocycles. The third-order valence-electron chi connectivity index (χ3n) is 4.21. The minimum atomic E-state index is -0.588. The number of fused-ring (bicyclic) bond motifs is 1. The van der Waals surface area contributed by atoms with Gasteiger partial charge in [0.15, 0.2) is 0 Å². The summed E-state index contributed by atoms with van der Waals surface area (Å²) in [7, 11) is 0. The van der Waals surface area contributed by atoms with Crippen LogP contribution in [0.4, 0.5) is 4.79 Å². The maximum atomic E-state index is 12.7. The van der Waals surface area contributed by atoms with Crippen LogP contribution < -0.4 is 11.1 Å². The van der Waals surface area contributed by atoms with Gasteiger partial charge in [-0.3, -0.25) is 19.5 Å². The van der Waals surface area contributed by atoms with Crippen LogP contribution in [0, 0.1) is 0 Å². The lowest BCUT2D eigenvalue weighted by Gasteiger charge is -2.46.